The molecule has 0 aliphatic heterocycles. The van der Waals surface area contributed by atoms with Crippen LogP contribution in [0, 0.1) is 5.41 Å². The number of benzene rings is 1. The average Bonchev–Trinajstić information content (AvgIpc) is 3.40. The highest BCUT2D eigenvalue weighted by atomic mass is 32.1. The number of hydrogen-bond acceptors (Lipinski definition) is 5. The smallest absolute Gasteiger partial charge is 0.317 e. The standard InChI is InChI=1S/C24H29NO4S/c1-23(2,3)21(27)25-15-18-11-12-20(30-18)19(26)16-29-22(28)24(13-7-8-14-24)17-9-5-4-6-10-17/h4-6,9-12H,7-8,13-16H2,1-3H3,(H,25,27). The first-order valence-electron chi connectivity index (χ1n) is 10.4. The van der Waals surface area contributed by atoms with E-state index in [1.165, 1.54) is 11.3 Å². The Labute approximate surface area is 181 Å². The third kappa shape index (κ3) is 4.98. The van der Waals surface area contributed by atoms with Crippen LogP contribution in [0.25, 0.3) is 0 Å². The maximum atomic E-state index is 13.0. The minimum Gasteiger partial charge on any atom is -0.457 e. The van der Waals surface area contributed by atoms with Crippen LogP contribution in [0.5, 0.6) is 0 Å². The molecular weight excluding hydrogens is 398 g/mol. The largest absolute Gasteiger partial charge is 0.457 e. The van der Waals surface area contributed by atoms with E-state index in [1.807, 2.05) is 57.2 Å². The van der Waals surface area contributed by atoms with Crippen LogP contribution < -0.4 is 5.32 Å². The highest BCUT2D eigenvalue weighted by molar-refractivity contribution is 7.14. The molecule has 0 atom stereocenters. The topological polar surface area (TPSA) is 72.5 Å². The number of Topliss-reactive ketones (excluding diaryl/α,β-unsaturated/α-hetero) is 1. The predicted octanol–water partition coefficient (Wildman–Crippen LogP) is 4.65. The zero-order chi connectivity index (χ0) is 21.8. The first kappa shape index (κ1) is 22.2. The van der Waals surface area contributed by atoms with Crippen LogP contribution in [0.2, 0.25) is 0 Å². The Balaban J connectivity index is 1.58. The van der Waals surface area contributed by atoms with Gasteiger partial charge in [0.1, 0.15) is 0 Å². The number of ketones is 1. The van der Waals surface area contributed by atoms with Crippen LogP contribution in [-0.2, 0) is 26.3 Å². The van der Waals surface area contributed by atoms with Crippen molar-refractivity contribution in [1.29, 1.82) is 0 Å². The second-order valence-corrected chi connectivity index (χ2v) is 10.0. The predicted molar refractivity (Wildman–Crippen MR) is 117 cm³/mol. The second-order valence-electron chi connectivity index (χ2n) is 8.85. The maximum absolute atomic E-state index is 13.0. The summed E-state index contributed by atoms with van der Waals surface area (Å²) >= 11 is 1.32. The number of amides is 1. The molecule has 1 amide bonds. The minimum absolute atomic E-state index is 0.0412. The van der Waals surface area contributed by atoms with Gasteiger partial charge < -0.3 is 10.1 Å². The molecule has 3 rings (SSSR count). The molecule has 1 aromatic heterocycles. The van der Waals surface area contributed by atoms with Crippen LogP contribution in [0.4, 0.5) is 0 Å². The van der Waals surface area contributed by atoms with Gasteiger partial charge in [-0.15, -0.1) is 11.3 Å². The molecule has 0 spiro atoms. The van der Waals surface area contributed by atoms with Gasteiger partial charge in [0.15, 0.2) is 6.61 Å². The van der Waals surface area contributed by atoms with E-state index < -0.39 is 10.8 Å². The molecule has 2 aromatic rings. The molecule has 1 aliphatic carbocycles. The molecule has 1 heterocycles. The summed E-state index contributed by atoms with van der Waals surface area (Å²) in [5, 5.41) is 2.88. The zero-order valence-electron chi connectivity index (χ0n) is 17.8. The van der Waals surface area contributed by atoms with Gasteiger partial charge in [0, 0.05) is 10.3 Å². The Morgan fingerprint density at radius 1 is 1.03 bits per heavy atom. The van der Waals surface area contributed by atoms with E-state index >= 15 is 0 Å². The number of carbonyl (C=O) groups excluding carboxylic acids is 3. The number of thiophene rings is 1. The fourth-order valence-corrected chi connectivity index (χ4v) is 4.61. The van der Waals surface area contributed by atoms with E-state index in [-0.39, 0.29) is 24.3 Å². The summed E-state index contributed by atoms with van der Waals surface area (Å²) in [4.78, 5) is 38.9. The van der Waals surface area contributed by atoms with Gasteiger partial charge in [-0.1, -0.05) is 63.9 Å². The SMILES string of the molecule is CC(C)(C)C(=O)NCc1ccc(C(=O)COC(=O)C2(c3ccccc3)CCCC2)s1. The Hall–Kier alpha value is -2.47. The summed E-state index contributed by atoms with van der Waals surface area (Å²) < 4.78 is 5.50. The molecule has 1 aromatic carbocycles. The highest BCUT2D eigenvalue weighted by Gasteiger charge is 2.44. The number of esters is 1. The molecule has 0 bridgehead atoms. The molecular formula is C24H29NO4S. The van der Waals surface area contributed by atoms with Crippen LogP contribution in [0.1, 0.15) is 66.6 Å². The van der Waals surface area contributed by atoms with Gasteiger partial charge >= 0.3 is 5.97 Å². The summed E-state index contributed by atoms with van der Waals surface area (Å²) in [6.07, 6.45) is 3.46. The van der Waals surface area contributed by atoms with Gasteiger partial charge in [0.25, 0.3) is 0 Å². The average molecular weight is 428 g/mol. The van der Waals surface area contributed by atoms with Gasteiger partial charge in [-0.3, -0.25) is 14.4 Å². The molecule has 1 N–H and O–H groups in total. The Kier molecular flexibility index (Phi) is 6.76. The summed E-state index contributed by atoms with van der Waals surface area (Å²) in [6.45, 7) is 5.68. The molecule has 6 heteroatoms. The van der Waals surface area contributed by atoms with Crippen molar-refractivity contribution in [3.05, 3.63) is 57.8 Å². The van der Waals surface area contributed by atoms with Crippen molar-refractivity contribution in [2.24, 2.45) is 5.41 Å². The van der Waals surface area contributed by atoms with Gasteiger partial charge in [-0.05, 0) is 30.5 Å². The molecule has 5 nitrogen and oxygen atoms in total. The molecule has 0 unspecified atom stereocenters. The van der Waals surface area contributed by atoms with Crippen LogP contribution in [0.15, 0.2) is 42.5 Å². The van der Waals surface area contributed by atoms with E-state index in [0.717, 1.165) is 36.1 Å². The van der Waals surface area contributed by atoms with Crippen molar-refractivity contribution in [3.8, 4) is 0 Å². The summed E-state index contributed by atoms with van der Waals surface area (Å²) in [7, 11) is 0. The van der Waals surface area contributed by atoms with Gasteiger partial charge in [-0.25, -0.2) is 0 Å². The second kappa shape index (κ2) is 9.13. The monoisotopic (exact) mass is 427 g/mol. The first-order chi connectivity index (χ1) is 14.2. The van der Waals surface area contributed by atoms with E-state index in [0.29, 0.717) is 11.4 Å². The minimum atomic E-state index is -0.639. The van der Waals surface area contributed by atoms with Crippen molar-refractivity contribution < 1.29 is 19.1 Å². The lowest BCUT2D eigenvalue weighted by Gasteiger charge is -2.27. The molecule has 1 fully saturated rings. The van der Waals surface area contributed by atoms with Crippen LogP contribution in [0.3, 0.4) is 0 Å². The number of rotatable bonds is 7. The number of nitrogens with one attached hydrogen (secondary N) is 1. The van der Waals surface area contributed by atoms with Crippen molar-refractivity contribution in [2.45, 2.75) is 58.4 Å². The Morgan fingerprint density at radius 3 is 2.33 bits per heavy atom. The lowest BCUT2D eigenvalue weighted by Crippen LogP contribution is -2.35. The maximum Gasteiger partial charge on any atom is 0.317 e. The Morgan fingerprint density at radius 2 is 1.70 bits per heavy atom. The van der Waals surface area contributed by atoms with Crippen molar-refractivity contribution in [3.63, 3.8) is 0 Å². The van der Waals surface area contributed by atoms with Crippen molar-refractivity contribution in [2.75, 3.05) is 6.61 Å². The third-order valence-electron chi connectivity index (χ3n) is 5.55. The van der Waals surface area contributed by atoms with E-state index in [2.05, 4.69) is 5.32 Å². The zero-order valence-corrected chi connectivity index (χ0v) is 18.6. The molecule has 0 radical (unpaired) electrons. The lowest BCUT2D eigenvalue weighted by atomic mass is 9.79. The quantitative estimate of drug-likeness (QED) is 0.516. The molecule has 1 aliphatic rings. The Bertz CT molecular complexity index is 905. The van der Waals surface area contributed by atoms with E-state index in [9.17, 15) is 14.4 Å². The van der Waals surface area contributed by atoms with Crippen molar-refractivity contribution >= 4 is 29.0 Å². The normalized spacial score (nSPS) is 15.6. The van der Waals surface area contributed by atoms with Gasteiger partial charge in [0.2, 0.25) is 11.7 Å². The van der Waals surface area contributed by atoms with E-state index in [1.54, 1.807) is 6.07 Å². The highest BCUT2D eigenvalue weighted by Crippen LogP contribution is 2.42. The summed E-state index contributed by atoms with van der Waals surface area (Å²) in [5.41, 5.74) is -0.133. The lowest BCUT2D eigenvalue weighted by molar-refractivity contribution is -0.149. The number of carbonyl (C=O) groups is 3. The van der Waals surface area contributed by atoms with E-state index in [4.69, 9.17) is 4.74 Å². The first-order valence-corrected chi connectivity index (χ1v) is 11.2. The molecule has 1 saturated carbocycles. The number of ether oxygens (including phenoxy) is 1. The molecule has 160 valence electrons. The fourth-order valence-electron chi connectivity index (χ4n) is 3.74. The van der Waals surface area contributed by atoms with Crippen LogP contribution in [-0.4, -0.2) is 24.3 Å². The van der Waals surface area contributed by atoms with Crippen LogP contribution >= 0.6 is 11.3 Å². The third-order valence-corrected chi connectivity index (χ3v) is 6.68. The van der Waals surface area contributed by atoms with Crippen molar-refractivity contribution in [1.82, 2.24) is 5.32 Å². The molecule has 30 heavy (non-hydrogen) atoms. The van der Waals surface area contributed by atoms with Gasteiger partial charge in [0.05, 0.1) is 16.8 Å². The van der Waals surface area contributed by atoms with Gasteiger partial charge in [-0.2, -0.15) is 0 Å². The molecule has 0 saturated heterocycles. The summed E-state index contributed by atoms with van der Waals surface area (Å²) in [6, 6.07) is 13.3. The summed E-state index contributed by atoms with van der Waals surface area (Å²) in [5.74, 6) is -0.572. The number of hydrogen-bond donors (Lipinski definition) is 1. The fraction of sp³-hybridized carbons (Fsp3) is 0.458.